The first kappa shape index (κ1) is 27.9. The van der Waals surface area contributed by atoms with Gasteiger partial charge in [0.05, 0.1) is 10.6 Å². The highest BCUT2D eigenvalue weighted by atomic mass is 35.5. The molecule has 0 saturated carbocycles. The van der Waals surface area contributed by atoms with Crippen LogP contribution in [0.1, 0.15) is 57.8 Å². The van der Waals surface area contributed by atoms with Gasteiger partial charge < -0.3 is 24.1 Å². The van der Waals surface area contributed by atoms with Gasteiger partial charge in [-0.25, -0.2) is 4.79 Å². The molecule has 1 N–H and O–H groups in total. The standard InChI is InChI=1S/C26H30ClF3O6/c1-5-25(6-2,23(31)32)35-18-9-7-17(8-10-18)33-11-12-34-21-13-16-15-24(3,4)36-22(26(28,29)30)19(16)14-20(21)27/h7-10,13-14,22H,5-6,11-12,15H2,1-4H3,(H,31,32). The summed E-state index contributed by atoms with van der Waals surface area (Å²) in [5, 5.41) is 9.56. The fourth-order valence-electron chi connectivity index (χ4n) is 4.13. The van der Waals surface area contributed by atoms with Crippen molar-refractivity contribution in [3.63, 3.8) is 0 Å². The average Bonchev–Trinajstić information content (AvgIpc) is 2.80. The van der Waals surface area contributed by atoms with Crippen molar-refractivity contribution in [2.75, 3.05) is 13.2 Å². The lowest BCUT2D eigenvalue weighted by atomic mass is 9.88. The quantitative estimate of drug-likeness (QED) is 0.341. The monoisotopic (exact) mass is 530 g/mol. The topological polar surface area (TPSA) is 74.2 Å². The predicted molar refractivity (Wildman–Crippen MR) is 128 cm³/mol. The van der Waals surface area contributed by atoms with Crippen LogP contribution in [0.3, 0.4) is 0 Å². The van der Waals surface area contributed by atoms with E-state index in [2.05, 4.69) is 0 Å². The number of fused-ring (bicyclic) bond motifs is 1. The molecular weight excluding hydrogens is 501 g/mol. The Kier molecular flexibility index (Phi) is 8.35. The lowest BCUT2D eigenvalue weighted by Crippen LogP contribution is -2.43. The van der Waals surface area contributed by atoms with Crippen LogP contribution < -0.4 is 14.2 Å². The van der Waals surface area contributed by atoms with E-state index in [1.54, 1.807) is 52.0 Å². The molecule has 1 aliphatic heterocycles. The lowest BCUT2D eigenvalue weighted by Gasteiger charge is -2.38. The van der Waals surface area contributed by atoms with Gasteiger partial charge >= 0.3 is 12.1 Å². The summed E-state index contributed by atoms with van der Waals surface area (Å²) in [7, 11) is 0. The minimum absolute atomic E-state index is 0.00389. The predicted octanol–water partition coefficient (Wildman–Crippen LogP) is 6.77. The minimum atomic E-state index is -4.56. The van der Waals surface area contributed by atoms with E-state index in [1.165, 1.54) is 12.1 Å². The Bertz CT molecular complexity index is 1060. The lowest BCUT2D eigenvalue weighted by molar-refractivity contribution is -0.257. The number of hydrogen-bond acceptors (Lipinski definition) is 5. The van der Waals surface area contributed by atoms with E-state index in [0.29, 0.717) is 29.9 Å². The van der Waals surface area contributed by atoms with Crippen molar-refractivity contribution in [3.05, 3.63) is 52.5 Å². The van der Waals surface area contributed by atoms with Crippen molar-refractivity contribution in [3.8, 4) is 17.2 Å². The second-order valence-electron chi connectivity index (χ2n) is 9.23. The summed E-state index contributed by atoms with van der Waals surface area (Å²) in [6, 6.07) is 9.34. The summed E-state index contributed by atoms with van der Waals surface area (Å²) >= 11 is 6.22. The van der Waals surface area contributed by atoms with Gasteiger partial charge in [0.1, 0.15) is 30.5 Å². The smallest absolute Gasteiger partial charge is 0.418 e. The number of carbonyl (C=O) groups is 1. The average molecular weight is 531 g/mol. The van der Waals surface area contributed by atoms with Crippen LogP contribution in [-0.4, -0.2) is 41.7 Å². The van der Waals surface area contributed by atoms with Crippen LogP contribution in [0.5, 0.6) is 17.2 Å². The molecule has 2 aromatic rings. The van der Waals surface area contributed by atoms with Crippen LogP contribution in [0.4, 0.5) is 13.2 Å². The number of benzene rings is 2. The molecule has 0 radical (unpaired) electrons. The number of aliphatic carboxylic acids is 1. The summed E-state index contributed by atoms with van der Waals surface area (Å²) in [5.41, 5.74) is -1.81. The maximum atomic E-state index is 13.5. The van der Waals surface area contributed by atoms with Crippen LogP contribution in [0.15, 0.2) is 36.4 Å². The Labute approximate surface area is 213 Å². The Morgan fingerprint density at radius 3 is 2.22 bits per heavy atom. The Balaban J connectivity index is 1.60. The van der Waals surface area contributed by atoms with Gasteiger partial charge in [-0.2, -0.15) is 13.2 Å². The molecule has 0 aliphatic carbocycles. The van der Waals surface area contributed by atoms with Gasteiger partial charge in [-0.3, -0.25) is 0 Å². The van der Waals surface area contributed by atoms with E-state index in [1.807, 2.05) is 0 Å². The van der Waals surface area contributed by atoms with Gasteiger partial charge in [-0.05, 0) is 74.2 Å². The molecule has 0 saturated heterocycles. The first-order valence-corrected chi connectivity index (χ1v) is 12.0. The first-order valence-electron chi connectivity index (χ1n) is 11.6. The fraction of sp³-hybridized carbons (Fsp3) is 0.500. The van der Waals surface area contributed by atoms with Crippen LogP contribution >= 0.6 is 11.6 Å². The van der Waals surface area contributed by atoms with Gasteiger partial charge in [0, 0.05) is 6.42 Å². The van der Waals surface area contributed by atoms with Crippen LogP contribution in [0.2, 0.25) is 5.02 Å². The Morgan fingerprint density at radius 1 is 1.08 bits per heavy atom. The molecule has 10 heteroatoms. The van der Waals surface area contributed by atoms with Crippen molar-refractivity contribution >= 4 is 17.6 Å². The second kappa shape index (κ2) is 10.8. The van der Waals surface area contributed by atoms with E-state index in [-0.39, 0.29) is 36.0 Å². The normalized spacial score (nSPS) is 17.3. The fourth-order valence-corrected chi connectivity index (χ4v) is 4.35. The highest BCUT2D eigenvalue weighted by Crippen LogP contribution is 2.47. The highest BCUT2D eigenvalue weighted by molar-refractivity contribution is 6.32. The molecule has 6 nitrogen and oxygen atoms in total. The number of halogens is 4. The molecule has 1 heterocycles. The number of rotatable bonds is 10. The molecule has 198 valence electrons. The second-order valence-corrected chi connectivity index (χ2v) is 9.64. The van der Waals surface area contributed by atoms with Gasteiger partial charge in [-0.1, -0.05) is 25.4 Å². The zero-order chi connectivity index (χ0) is 26.7. The maximum Gasteiger partial charge on any atom is 0.418 e. The van der Waals surface area contributed by atoms with E-state index in [0.717, 1.165) is 0 Å². The summed E-state index contributed by atoms with van der Waals surface area (Å²) in [6.07, 6.45) is -5.68. The maximum absolute atomic E-state index is 13.5. The number of ether oxygens (including phenoxy) is 4. The van der Waals surface area contributed by atoms with Gasteiger partial charge in [0.2, 0.25) is 5.60 Å². The third-order valence-corrected chi connectivity index (χ3v) is 6.40. The van der Waals surface area contributed by atoms with E-state index < -0.39 is 29.5 Å². The zero-order valence-corrected chi connectivity index (χ0v) is 21.3. The molecule has 1 unspecified atom stereocenters. The van der Waals surface area contributed by atoms with Crippen LogP contribution in [0, 0.1) is 0 Å². The van der Waals surface area contributed by atoms with Gasteiger partial charge in [-0.15, -0.1) is 0 Å². The molecule has 0 aromatic heterocycles. The van der Waals surface area contributed by atoms with Crippen molar-refractivity contribution in [2.24, 2.45) is 0 Å². The van der Waals surface area contributed by atoms with Crippen molar-refractivity contribution in [1.29, 1.82) is 0 Å². The summed E-state index contributed by atoms with van der Waals surface area (Å²) in [6.45, 7) is 6.99. The van der Waals surface area contributed by atoms with E-state index >= 15 is 0 Å². The molecule has 0 fully saturated rings. The molecule has 36 heavy (non-hydrogen) atoms. The molecule has 0 amide bonds. The molecule has 0 bridgehead atoms. The summed E-state index contributed by atoms with van der Waals surface area (Å²) in [5.74, 6) is 0.180. The molecule has 2 aromatic carbocycles. The van der Waals surface area contributed by atoms with Gasteiger partial charge in [0.15, 0.2) is 6.10 Å². The van der Waals surface area contributed by atoms with Crippen molar-refractivity contribution in [1.82, 2.24) is 0 Å². The molecule has 1 atom stereocenters. The first-order chi connectivity index (χ1) is 16.8. The van der Waals surface area contributed by atoms with Crippen LogP contribution in [0.25, 0.3) is 0 Å². The third-order valence-electron chi connectivity index (χ3n) is 6.11. The Hall–Kier alpha value is -2.65. The van der Waals surface area contributed by atoms with E-state index in [4.69, 9.17) is 30.5 Å². The SMILES string of the molecule is CCC(CC)(Oc1ccc(OCCOc2cc3c(cc2Cl)C(C(F)(F)F)OC(C)(C)C3)cc1)C(=O)O. The molecular formula is C26H30ClF3O6. The Morgan fingerprint density at radius 2 is 1.67 bits per heavy atom. The summed E-state index contributed by atoms with van der Waals surface area (Å²) in [4.78, 5) is 11.6. The minimum Gasteiger partial charge on any atom is -0.490 e. The van der Waals surface area contributed by atoms with Crippen molar-refractivity contribution < 1.29 is 42.0 Å². The number of alkyl halides is 3. The third kappa shape index (κ3) is 6.37. The number of hydrogen-bond donors (Lipinski definition) is 1. The summed E-state index contributed by atoms with van der Waals surface area (Å²) < 4.78 is 63.0. The van der Waals surface area contributed by atoms with Gasteiger partial charge in [0.25, 0.3) is 0 Å². The molecule has 1 aliphatic rings. The van der Waals surface area contributed by atoms with Crippen LogP contribution in [-0.2, 0) is 16.0 Å². The zero-order valence-electron chi connectivity index (χ0n) is 20.6. The molecule has 0 spiro atoms. The molecule has 3 rings (SSSR count). The number of carboxylic acid groups (broad SMARTS) is 1. The largest absolute Gasteiger partial charge is 0.490 e. The highest BCUT2D eigenvalue weighted by Gasteiger charge is 2.48. The van der Waals surface area contributed by atoms with E-state index in [9.17, 15) is 23.1 Å². The van der Waals surface area contributed by atoms with Crippen molar-refractivity contribution in [2.45, 2.75) is 70.4 Å². The number of carboxylic acids is 1.